The highest BCUT2D eigenvalue weighted by molar-refractivity contribution is 7.98. The van der Waals surface area contributed by atoms with Crippen LogP contribution in [-0.4, -0.2) is 46.0 Å². The highest BCUT2D eigenvalue weighted by Crippen LogP contribution is 2.34. The van der Waals surface area contributed by atoms with E-state index < -0.39 is 9.71 Å². The van der Waals surface area contributed by atoms with Crippen molar-refractivity contribution in [1.82, 2.24) is 9.21 Å². The number of rotatable bonds is 6. The molecule has 2 aromatic carbocycles. The molecule has 3 atom stereocenters. The molecule has 1 heterocycles. The lowest BCUT2D eigenvalue weighted by atomic mass is 9.89. The lowest BCUT2D eigenvalue weighted by Gasteiger charge is -2.40. The van der Waals surface area contributed by atoms with Crippen molar-refractivity contribution < 1.29 is 4.21 Å². The van der Waals surface area contributed by atoms with Crippen LogP contribution in [0.25, 0.3) is 0 Å². The molecule has 4 heteroatoms. The minimum atomic E-state index is -2.48. The molecule has 0 radical (unpaired) electrons. The van der Waals surface area contributed by atoms with Gasteiger partial charge in [0.15, 0.2) is 0 Å². The minimum Gasteiger partial charge on any atom is -0.297 e. The summed E-state index contributed by atoms with van der Waals surface area (Å²) in [5, 5.41) is 0. The maximum absolute atomic E-state index is 13.8. The summed E-state index contributed by atoms with van der Waals surface area (Å²) in [6, 6.07) is 19.3. The van der Waals surface area contributed by atoms with E-state index in [9.17, 15) is 4.21 Å². The van der Waals surface area contributed by atoms with Gasteiger partial charge in [0.2, 0.25) is 0 Å². The molecule has 1 saturated heterocycles. The van der Waals surface area contributed by atoms with Crippen molar-refractivity contribution >= 4 is 15.6 Å². The van der Waals surface area contributed by atoms with Crippen molar-refractivity contribution in [2.45, 2.75) is 55.9 Å². The Morgan fingerprint density at radius 1 is 1.03 bits per heavy atom. The normalized spacial score (nSPS) is 24.5. The van der Waals surface area contributed by atoms with Crippen molar-refractivity contribution in [1.29, 1.82) is 0 Å². The van der Waals surface area contributed by atoms with Crippen LogP contribution >= 0.6 is 0 Å². The predicted molar refractivity (Wildman–Crippen MR) is 128 cm³/mol. The molecule has 1 aliphatic carbocycles. The Morgan fingerprint density at radius 3 is 2.37 bits per heavy atom. The first-order chi connectivity index (χ1) is 14.4. The largest absolute Gasteiger partial charge is 0.297 e. The zero-order valence-electron chi connectivity index (χ0n) is 18.5. The van der Waals surface area contributed by atoms with E-state index in [-0.39, 0.29) is 6.04 Å². The van der Waals surface area contributed by atoms with Crippen LogP contribution < -0.4 is 0 Å². The Bertz CT molecular complexity index is 917. The average Bonchev–Trinajstić information content (AvgIpc) is 3.27. The second kappa shape index (κ2) is 9.25. The van der Waals surface area contributed by atoms with Crippen LogP contribution in [-0.2, 0) is 9.71 Å². The molecule has 1 saturated carbocycles. The number of nitrogens with zero attached hydrogens (tertiary/aromatic N) is 2. The number of hydrogen-bond donors (Lipinski definition) is 0. The summed E-state index contributed by atoms with van der Waals surface area (Å²) >= 11 is 0. The van der Waals surface area contributed by atoms with Gasteiger partial charge in [0.25, 0.3) is 0 Å². The fourth-order valence-corrected chi connectivity index (χ4v) is 6.81. The SMILES string of the molecule is C=S(=O)(c1ccc(C(C)CC2CCCC2)cc1)N1CCN(C)C(c2ccccc2)C1. The number of likely N-dealkylation sites (N-methyl/N-ethyl adjacent to an activating group) is 1. The van der Waals surface area contributed by atoms with Crippen LogP contribution in [0.2, 0.25) is 0 Å². The van der Waals surface area contributed by atoms with Gasteiger partial charge in [0.05, 0.1) is 9.71 Å². The average molecular weight is 425 g/mol. The van der Waals surface area contributed by atoms with Crippen LogP contribution in [0.4, 0.5) is 0 Å². The Balaban J connectivity index is 1.47. The van der Waals surface area contributed by atoms with Gasteiger partial charge in [-0.25, -0.2) is 8.51 Å². The summed E-state index contributed by atoms with van der Waals surface area (Å²) in [6.07, 6.45) is 6.85. The second-order valence-electron chi connectivity index (χ2n) is 9.29. The Labute approximate surface area is 183 Å². The molecule has 0 aromatic heterocycles. The van der Waals surface area contributed by atoms with E-state index in [4.69, 9.17) is 0 Å². The summed E-state index contributed by atoms with van der Waals surface area (Å²) < 4.78 is 15.9. The van der Waals surface area contributed by atoms with Gasteiger partial charge in [-0.15, -0.1) is 0 Å². The Hall–Kier alpha value is -1.62. The molecule has 1 aliphatic heterocycles. The van der Waals surface area contributed by atoms with Crippen molar-refractivity contribution in [3.8, 4) is 0 Å². The third kappa shape index (κ3) is 4.66. The van der Waals surface area contributed by atoms with E-state index in [0.717, 1.165) is 30.4 Å². The van der Waals surface area contributed by atoms with Crippen LogP contribution in [0.3, 0.4) is 0 Å². The van der Waals surface area contributed by atoms with Gasteiger partial charge in [0, 0.05) is 30.6 Å². The monoisotopic (exact) mass is 424 g/mol. The summed E-state index contributed by atoms with van der Waals surface area (Å²) in [6.45, 7) is 4.74. The molecule has 0 amide bonds. The molecule has 162 valence electrons. The van der Waals surface area contributed by atoms with E-state index in [1.807, 2.05) is 6.07 Å². The summed E-state index contributed by atoms with van der Waals surface area (Å²) in [5.74, 6) is 5.66. The first-order valence-corrected chi connectivity index (χ1v) is 13.1. The van der Waals surface area contributed by atoms with Crippen molar-refractivity contribution in [2.24, 2.45) is 5.92 Å². The van der Waals surface area contributed by atoms with Gasteiger partial charge >= 0.3 is 0 Å². The lowest BCUT2D eigenvalue weighted by molar-refractivity contribution is 0.151. The molecule has 2 aliphatic rings. The molecule has 0 spiro atoms. The highest BCUT2D eigenvalue weighted by Gasteiger charge is 2.30. The number of hydrogen-bond acceptors (Lipinski definition) is 2. The van der Waals surface area contributed by atoms with Gasteiger partial charge in [-0.3, -0.25) is 4.90 Å². The number of benzene rings is 2. The van der Waals surface area contributed by atoms with Gasteiger partial charge in [-0.2, -0.15) is 0 Å². The van der Waals surface area contributed by atoms with Crippen molar-refractivity contribution in [2.75, 3.05) is 26.7 Å². The van der Waals surface area contributed by atoms with Gasteiger partial charge in [-0.1, -0.05) is 75.1 Å². The molecular formula is C26H36N2OS. The molecule has 30 heavy (non-hydrogen) atoms. The summed E-state index contributed by atoms with van der Waals surface area (Å²) in [4.78, 5) is 3.21. The van der Waals surface area contributed by atoms with Crippen LogP contribution in [0, 0.1) is 5.92 Å². The first-order valence-electron chi connectivity index (χ1n) is 11.4. The van der Waals surface area contributed by atoms with Crippen molar-refractivity contribution in [3.63, 3.8) is 0 Å². The molecule has 3 unspecified atom stereocenters. The van der Waals surface area contributed by atoms with E-state index in [0.29, 0.717) is 5.92 Å². The smallest absolute Gasteiger partial charge is 0.0559 e. The third-order valence-corrected chi connectivity index (χ3v) is 9.37. The standard InChI is InChI=1S/C26H36N2OS/c1-21(19-22-9-7-8-10-22)23-13-15-25(16-14-23)30(3,29)28-18-17-27(2)26(20-28)24-11-5-4-6-12-24/h4-6,11-16,21-22,26H,3,7-10,17-20H2,1-2H3. The quantitative estimate of drug-likeness (QED) is 0.584. The fourth-order valence-electron chi connectivity index (χ4n) is 5.19. The van der Waals surface area contributed by atoms with Gasteiger partial charge < -0.3 is 0 Å². The molecule has 4 rings (SSSR count). The zero-order chi connectivity index (χ0) is 21.1. The van der Waals surface area contributed by atoms with E-state index in [2.05, 4.69) is 77.6 Å². The summed E-state index contributed by atoms with van der Waals surface area (Å²) in [5.41, 5.74) is 2.64. The fraction of sp³-hybridized carbons (Fsp3) is 0.500. The van der Waals surface area contributed by atoms with E-state index in [1.165, 1.54) is 43.2 Å². The first kappa shape index (κ1) is 21.6. The topological polar surface area (TPSA) is 23.6 Å². The van der Waals surface area contributed by atoms with E-state index in [1.54, 1.807) is 0 Å². The molecule has 0 bridgehead atoms. The van der Waals surface area contributed by atoms with Crippen LogP contribution in [0.5, 0.6) is 0 Å². The van der Waals surface area contributed by atoms with Gasteiger partial charge in [-0.05, 0) is 54.4 Å². The second-order valence-corrected chi connectivity index (χ2v) is 11.6. The highest BCUT2D eigenvalue weighted by atomic mass is 32.2. The molecule has 0 N–H and O–H groups in total. The third-order valence-electron chi connectivity index (χ3n) is 7.19. The van der Waals surface area contributed by atoms with Gasteiger partial charge in [0.1, 0.15) is 0 Å². The Morgan fingerprint density at radius 2 is 1.70 bits per heavy atom. The lowest BCUT2D eigenvalue weighted by Crippen LogP contribution is -2.48. The van der Waals surface area contributed by atoms with E-state index >= 15 is 0 Å². The summed E-state index contributed by atoms with van der Waals surface area (Å²) in [7, 11) is -0.331. The maximum atomic E-state index is 13.8. The molecule has 2 aromatic rings. The molecular weight excluding hydrogens is 388 g/mol. The molecule has 3 nitrogen and oxygen atoms in total. The maximum Gasteiger partial charge on any atom is 0.0559 e. The Kier molecular flexibility index (Phi) is 6.66. The van der Waals surface area contributed by atoms with Crippen LogP contribution in [0.1, 0.15) is 62.1 Å². The van der Waals surface area contributed by atoms with Crippen molar-refractivity contribution in [3.05, 3.63) is 65.7 Å². The predicted octanol–water partition coefficient (Wildman–Crippen LogP) is 5.35. The zero-order valence-corrected chi connectivity index (χ0v) is 19.3. The minimum absolute atomic E-state index is 0.244. The molecule has 2 fully saturated rings. The van der Waals surface area contributed by atoms with Crippen LogP contribution in [0.15, 0.2) is 59.5 Å². The number of piperazine rings is 1.